The number of aromatic nitrogens is 1. The van der Waals surface area contributed by atoms with Gasteiger partial charge in [-0.2, -0.15) is 0 Å². The van der Waals surface area contributed by atoms with Gasteiger partial charge in [0.2, 0.25) is 0 Å². The van der Waals surface area contributed by atoms with Crippen LogP contribution in [0.15, 0.2) is 18.2 Å². The van der Waals surface area contributed by atoms with Gasteiger partial charge in [0.1, 0.15) is 11.5 Å². The third-order valence-electron chi connectivity index (χ3n) is 3.51. The van der Waals surface area contributed by atoms with Crippen molar-refractivity contribution in [3.05, 3.63) is 35.3 Å². The predicted molar refractivity (Wildman–Crippen MR) is 71.3 cm³/mol. The van der Waals surface area contributed by atoms with Crippen LogP contribution >= 0.6 is 0 Å². The van der Waals surface area contributed by atoms with Crippen LogP contribution in [0.25, 0.3) is 10.9 Å². The number of benzene rings is 1. The van der Waals surface area contributed by atoms with Gasteiger partial charge >= 0.3 is 0 Å². The van der Waals surface area contributed by atoms with Crippen molar-refractivity contribution < 1.29 is 9.18 Å². The number of likely N-dealkylation sites (tertiary alicyclic amines) is 1. The summed E-state index contributed by atoms with van der Waals surface area (Å²) >= 11 is 0. The molecule has 19 heavy (non-hydrogen) atoms. The molecule has 1 aromatic heterocycles. The first-order valence-electron chi connectivity index (χ1n) is 6.28. The minimum atomic E-state index is -0.358. The van der Waals surface area contributed by atoms with Gasteiger partial charge in [0.05, 0.1) is 5.56 Å². The van der Waals surface area contributed by atoms with Crippen LogP contribution in [-0.4, -0.2) is 28.9 Å². The van der Waals surface area contributed by atoms with E-state index in [0.717, 1.165) is 25.9 Å². The van der Waals surface area contributed by atoms with Gasteiger partial charge in [-0.05, 0) is 31.0 Å². The second-order valence-corrected chi connectivity index (χ2v) is 4.71. The molecule has 3 rings (SSSR count). The zero-order chi connectivity index (χ0) is 13.4. The molecule has 2 aromatic rings. The molecule has 0 unspecified atom stereocenters. The van der Waals surface area contributed by atoms with Gasteiger partial charge in [0, 0.05) is 24.0 Å². The summed E-state index contributed by atoms with van der Waals surface area (Å²) in [5.74, 6) is 2.05. The number of halogens is 1. The number of nitrogens with one attached hydrogen (secondary N) is 1. The summed E-state index contributed by atoms with van der Waals surface area (Å²) in [5.41, 5.74) is 1.54. The van der Waals surface area contributed by atoms with Crippen LogP contribution in [0.4, 0.5) is 4.39 Å². The van der Waals surface area contributed by atoms with E-state index < -0.39 is 0 Å². The predicted octanol–water partition coefficient (Wildman–Crippen LogP) is 2.52. The van der Waals surface area contributed by atoms with Gasteiger partial charge in [0.15, 0.2) is 0 Å². The lowest BCUT2D eigenvalue weighted by atomic mass is 10.1. The number of H-pyrrole nitrogens is 1. The Balaban J connectivity index is 2.13. The SMILES string of the molecule is C#Cc1c(C(=O)N2CCCC2)[nH]c2ccc(F)cc12. The topological polar surface area (TPSA) is 36.1 Å². The molecular weight excluding hydrogens is 243 g/mol. The molecule has 1 saturated heterocycles. The summed E-state index contributed by atoms with van der Waals surface area (Å²) in [5, 5.41) is 0.588. The van der Waals surface area contributed by atoms with E-state index in [1.165, 1.54) is 12.1 Å². The summed E-state index contributed by atoms with van der Waals surface area (Å²) in [4.78, 5) is 17.2. The highest BCUT2D eigenvalue weighted by molar-refractivity contribution is 6.03. The van der Waals surface area contributed by atoms with Crippen LogP contribution in [0, 0.1) is 18.2 Å². The van der Waals surface area contributed by atoms with Crippen molar-refractivity contribution in [1.82, 2.24) is 9.88 Å². The number of carbonyl (C=O) groups excluding carboxylic acids is 1. The standard InChI is InChI=1S/C15H13FN2O/c1-2-11-12-9-10(16)5-6-13(12)17-14(11)15(19)18-7-3-4-8-18/h1,5-6,9,17H,3-4,7-8H2. The fourth-order valence-electron chi connectivity index (χ4n) is 2.55. The highest BCUT2D eigenvalue weighted by atomic mass is 19.1. The molecule has 1 fully saturated rings. The lowest BCUT2D eigenvalue weighted by Gasteiger charge is -2.14. The third kappa shape index (κ3) is 1.88. The largest absolute Gasteiger partial charge is 0.349 e. The molecule has 0 spiro atoms. The van der Waals surface area contributed by atoms with E-state index in [4.69, 9.17) is 6.42 Å². The van der Waals surface area contributed by atoms with Gasteiger partial charge in [0.25, 0.3) is 5.91 Å². The van der Waals surface area contributed by atoms with Crippen LogP contribution < -0.4 is 0 Å². The van der Waals surface area contributed by atoms with Crippen molar-refractivity contribution in [3.8, 4) is 12.3 Å². The van der Waals surface area contributed by atoms with Crippen LogP contribution in [0.2, 0.25) is 0 Å². The fraction of sp³-hybridized carbons (Fsp3) is 0.267. The highest BCUT2D eigenvalue weighted by Crippen LogP contribution is 2.24. The van der Waals surface area contributed by atoms with E-state index in [0.29, 0.717) is 22.2 Å². The second kappa shape index (κ2) is 4.43. The average Bonchev–Trinajstić information content (AvgIpc) is 3.04. The Hall–Kier alpha value is -2.28. The summed E-state index contributed by atoms with van der Waals surface area (Å²) in [7, 11) is 0. The van der Waals surface area contributed by atoms with Crippen molar-refractivity contribution >= 4 is 16.8 Å². The molecule has 2 heterocycles. The molecule has 0 aliphatic carbocycles. The Labute approximate surface area is 110 Å². The third-order valence-corrected chi connectivity index (χ3v) is 3.51. The number of carbonyl (C=O) groups is 1. The van der Waals surface area contributed by atoms with Crippen molar-refractivity contribution in [2.45, 2.75) is 12.8 Å². The van der Waals surface area contributed by atoms with E-state index in [2.05, 4.69) is 10.9 Å². The number of fused-ring (bicyclic) bond motifs is 1. The number of rotatable bonds is 1. The molecule has 0 radical (unpaired) electrons. The summed E-state index contributed by atoms with van der Waals surface area (Å²) < 4.78 is 13.3. The van der Waals surface area contributed by atoms with Gasteiger partial charge in [-0.15, -0.1) is 6.42 Å². The van der Waals surface area contributed by atoms with Gasteiger partial charge < -0.3 is 9.88 Å². The number of aromatic amines is 1. The average molecular weight is 256 g/mol. The molecule has 0 bridgehead atoms. The lowest BCUT2D eigenvalue weighted by Crippen LogP contribution is -2.28. The number of terminal acetylenes is 1. The highest BCUT2D eigenvalue weighted by Gasteiger charge is 2.24. The molecular formula is C15H13FN2O. The number of amides is 1. The molecule has 1 aliphatic heterocycles. The van der Waals surface area contributed by atoms with Gasteiger partial charge in [-0.25, -0.2) is 4.39 Å². The van der Waals surface area contributed by atoms with E-state index in [1.807, 2.05) is 0 Å². The van der Waals surface area contributed by atoms with E-state index >= 15 is 0 Å². The molecule has 0 saturated carbocycles. The summed E-state index contributed by atoms with van der Waals surface area (Å²) in [6.45, 7) is 1.51. The van der Waals surface area contributed by atoms with Crippen molar-refractivity contribution in [2.75, 3.05) is 13.1 Å². The molecule has 1 N–H and O–H groups in total. The van der Waals surface area contributed by atoms with Gasteiger partial charge in [-0.1, -0.05) is 5.92 Å². The molecule has 1 aromatic carbocycles. The first-order valence-corrected chi connectivity index (χ1v) is 6.28. The molecule has 1 amide bonds. The monoisotopic (exact) mass is 256 g/mol. The van der Waals surface area contributed by atoms with Crippen molar-refractivity contribution in [2.24, 2.45) is 0 Å². The number of hydrogen-bond acceptors (Lipinski definition) is 1. The zero-order valence-corrected chi connectivity index (χ0v) is 10.4. The lowest BCUT2D eigenvalue weighted by molar-refractivity contribution is 0.0787. The number of nitrogens with zero attached hydrogens (tertiary/aromatic N) is 1. The van der Waals surface area contributed by atoms with Crippen LogP contribution in [-0.2, 0) is 0 Å². The van der Waals surface area contributed by atoms with Crippen molar-refractivity contribution in [1.29, 1.82) is 0 Å². The zero-order valence-electron chi connectivity index (χ0n) is 10.4. The van der Waals surface area contributed by atoms with E-state index in [1.54, 1.807) is 11.0 Å². The maximum absolute atomic E-state index is 13.3. The fourth-order valence-corrected chi connectivity index (χ4v) is 2.55. The van der Waals surface area contributed by atoms with Gasteiger partial charge in [-0.3, -0.25) is 4.79 Å². The molecule has 4 heteroatoms. The summed E-state index contributed by atoms with van der Waals surface area (Å²) in [6.07, 6.45) is 7.52. The molecule has 1 aliphatic rings. The first-order chi connectivity index (χ1) is 9.20. The molecule has 0 atom stereocenters. The van der Waals surface area contributed by atoms with E-state index in [-0.39, 0.29) is 11.7 Å². The first kappa shape index (κ1) is 11.8. The minimum Gasteiger partial charge on any atom is -0.349 e. The number of hydrogen-bond donors (Lipinski definition) is 1. The Morgan fingerprint density at radius 1 is 1.37 bits per heavy atom. The Kier molecular flexibility index (Phi) is 2.75. The van der Waals surface area contributed by atoms with Crippen LogP contribution in [0.3, 0.4) is 0 Å². The maximum atomic E-state index is 13.3. The maximum Gasteiger partial charge on any atom is 0.271 e. The van der Waals surface area contributed by atoms with Crippen LogP contribution in [0.1, 0.15) is 28.9 Å². The summed E-state index contributed by atoms with van der Waals surface area (Å²) in [6, 6.07) is 4.32. The normalized spacial score (nSPS) is 14.8. The minimum absolute atomic E-state index is 0.0953. The Bertz CT molecular complexity index is 690. The quantitative estimate of drug-likeness (QED) is 0.782. The Morgan fingerprint density at radius 2 is 2.11 bits per heavy atom. The smallest absolute Gasteiger partial charge is 0.271 e. The van der Waals surface area contributed by atoms with Crippen LogP contribution in [0.5, 0.6) is 0 Å². The molecule has 96 valence electrons. The Morgan fingerprint density at radius 3 is 2.79 bits per heavy atom. The van der Waals surface area contributed by atoms with Crippen molar-refractivity contribution in [3.63, 3.8) is 0 Å². The second-order valence-electron chi connectivity index (χ2n) is 4.71. The van der Waals surface area contributed by atoms with E-state index in [9.17, 15) is 9.18 Å². The molecule has 3 nitrogen and oxygen atoms in total.